The van der Waals surface area contributed by atoms with Crippen molar-refractivity contribution < 1.29 is 80.2 Å². The predicted molar refractivity (Wildman–Crippen MR) is 405 cm³/mol. The molecule has 99 heavy (non-hydrogen) atoms. The maximum Gasteiger partial charge on any atom is 0.472 e. The molecule has 0 radical (unpaired) electrons. The molecule has 0 amide bonds. The van der Waals surface area contributed by atoms with E-state index >= 15 is 0 Å². The second-order valence-electron chi connectivity index (χ2n) is 29.3. The molecule has 0 aliphatic carbocycles. The molecule has 0 aromatic carbocycles. The van der Waals surface area contributed by atoms with Crippen LogP contribution in [0.25, 0.3) is 0 Å². The summed E-state index contributed by atoms with van der Waals surface area (Å²) in [7, 11) is -9.92. The van der Waals surface area contributed by atoms with Gasteiger partial charge in [-0.05, 0) is 37.5 Å². The number of aliphatic hydroxyl groups is 1. The molecule has 0 saturated heterocycles. The Kier molecular flexibility index (Phi) is 70.3. The number of carbonyl (C=O) groups excluding carboxylic acids is 4. The number of carbonyl (C=O) groups is 4. The minimum atomic E-state index is -4.96. The van der Waals surface area contributed by atoms with Gasteiger partial charge in [0, 0.05) is 25.7 Å². The Balaban J connectivity index is 5.24. The number of unbranched alkanes of at least 4 members (excludes halogenated alkanes) is 47. The fourth-order valence-electron chi connectivity index (χ4n) is 12.3. The first kappa shape index (κ1) is 97.1. The van der Waals surface area contributed by atoms with Crippen LogP contribution in [0, 0.1) is 11.8 Å². The highest BCUT2D eigenvalue weighted by Gasteiger charge is 2.30. The monoisotopic (exact) mass is 1450 g/mol. The molecule has 0 fully saturated rings. The molecule has 0 aliphatic heterocycles. The molecular weight excluding hydrogens is 1290 g/mol. The predicted octanol–water partition coefficient (Wildman–Crippen LogP) is 23.9. The molecule has 0 saturated carbocycles. The first-order chi connectivity index (χ1) is 47.9. The maximum atomic E-state index is 13.1. The van der Waals surface area contributed by atoms with E-state index in [0.717, 1.165) is 102 Å². The molecule has 0 aliphatic rings. The zero-order valence-corrected chi connectivity index (χ0v) is 66.6. The van der Waals surface area contributed by atoms with Gasteiger partial charge in [0.15, 0.2) is 12.2 Å². The van der Waals surface area contributed by atoms with Crippen LogP contribution in [-0.2, 0) is 65.4 Å². The van der Waals surface area contributed by atoms with Crippen molar-refractivity contribution in [3.05, 3.63) is 0 Å². The molecule has 19 heteroatoms. The molecule has 3 N–H and O–H groups in total. The molecule has 0 heterocycles. The fraction of sp³-hybridized carbons (Fsp3) is 0.950. The Morgan fingerprint density at radius 1 is 0.283 bits per heavy atom. The largest absolute Gasteiger partial charge is 0.472 e. The van der Waals surface area contributed by atoms with Crippen LogP contribution in [-0.4, -0.2) is 96.7 Å². The fourth-order valence-corrected chi connectivity index (χ4v) is 13.9. The van der Waals surface area contributed by atoms with E-state index < -0.39 is 97.5 Å². The quantitative estimate of drug-likeness (QED) is 0.0222. The third-order valence-electron chi connectivity index (χ3n) is 19.4. The molecule has 4 unspecified atom stereocenters. The lowest BCUT2D eigenvalue weighted by molar-refractivity contribution is -0.161. The van der Waals surface area contributed by atoms with Crippen molar-refractivity contribution in [2.45, 2.75) is 439 Å². The van der Waals surface area contributed by atoms with Crippen LogP contribution in [0.3, 0.4) is 0 Å². The van der Waals surface area contributed by atoms with Gasteiger partial charge in [-0.2, -0.15) is 0 Å². The lowest BCUT2D eigenvalue weighted by Gasteiger charge is -2.21. The van der Waals surface area contributed by atoms with Crippen molar-refractivity contribution in [1.82, 2.24) is 0 Å². The van der Waals surface area contributed by atoms with Gasteiger partial charge in [0.2, 0.25) is 0 Å². The van der Waals surface area contributed by atoms with Crippen molar-refractivity contribution in [3.8, 4) is 0 Å². The summed E-state index contributed by atoms with van der Waals surface area (Å²) in [5.74, 6) is -0.564. The van der Waals surface area contributed by atoms with Crippen LogP contribution in [0.2, 0.25) is 0 Å². The lowest BCUT2D eigenvalue weighted by atomic mass is 9.99. The first-order valence-corrected chi connectivity index (χ1v) is 44.6. The van der Waals surface area contributed by atoms with E-state index in [1.165, 1.54) is 238 Å². The highest BCUT2D eigenvalue weighted by molar-refractivity contribution is 7.47. The highest BCUT2D eigenvalue weighted by Crippen LogP contribution is 2.45. The van der Waals surface area contributed by atoms with Gasteiger partial charge in [-0.15, -0.1) is 0 Å². The van der Waals surface area contributed by atoms with Gasteiger partial charge in [0.25, 0.3) is 0 Å². The smallest absolute Gasteiger partial charge is 0.462 e. The summed E-state index contributed by atoms with van der Waals surface area (Å²) < 4.78 is 68.7. The van der Waals surface area contributed by atoms with Crippen LogP contribution in [0.5, 0.6) is 0 Å². The van der Waals surface area contributed by atoms with Gasteiger partial charge in [0.05, 0.1) is 26.4 Å². The van der Waals surface area contributed by atoms with Crippen molar-refractivity contribution in [2.24, 2.45) is 11.8 Å². The summed E-state index contributed by atoms with van der Waals surface area (Å²) in [6.07, 6.45) is 61.0. The zero-order chi connectivity index (χ0) is 72.8. The van der Waals surface area contributed by atoms with Crippen LogP contribution in [0.15, 0.2) is 0 Å². The summed E-state index contributed by atoms with van der Waals surface area (Å²) in [6.45, 7) is 9.63. The number of phosphoric acid groups is 2. The first-order valence-electron chi connectivity index (χ1n) is 41.6. The van der Waals surface area contributed by atoms with E-state index in [9.17, 15) is 43.2 Å². The molecule has 0 spiro atoms. The SMILES string of the molecule is CCCCCCCCCCCCCCCCCCCCCCC(=O)O[C@H](COC(=O)CCCCCCCCCCCCCCCCC)COP(=O)(O)OC[C@@H](O)COP(=O)(O)OC[C@@H](COC(=O)CCCCCCCCCCC(C)CC)OC(=O)CCCCCCCCCCC(C)CC. The number of esters is 4. The van der Waals surface area contributed by atoms with E-state index in [0.29, 0.717) is 25.7 Å². The Bertz CT molecular complexity index is 1910. The van der Waals surface area contributed by atoms with E-state index in [2.05, 4.69) is 41.5 Å². The summed E-state index contributed by atoms with van der Waals surface area (Å²) in [5, 5.41) is 10.6. The average Bonchev–Trinajstić information content (AvgIpc) is 2.94. The number of aliphatic hydroxyl groups excluding tert-OH is 1. The van der Waals surface area contributed by atoms with Crippen LogP contribution < -0.4 is 0 Å². The van der Waals surface area contributed by atoms with Gasteiger partial charge in [0.1, 0.15) is 19.3 Å². The minimum Gasteiger partial charge on any atom is -0.462 e. The third kappa shape index (κ3) is 71.5. The normalized spacial score (nSPS) is 14.5. The Labute approximate surface area is 607 Å². The summed E-state index contributed by atoms with van der Waals surface area (Å²) >= 11 is 0. The molecule has 0 rings (SSSR count). The maximum absolute atomic E-state index is 13.1. The Morgan fingerprint density at radius 3 is 0.717 bits per heavy atom. The standard InChI is InChI=1S/C80H156O17P2/c1-7-11-13-15-17-19-21-23-25-26-27-28-29-31-33-35-37-46-52-58-64-79(84)96-75(68-90-77(82)62-56-50-44-36-34-32-30-24-22-20-18-16-14-12-8-2)70-94-98(86,87)92-66-74(81)67-93-99(88,89)95-71-76(97-80(85)65-59-53-47-41-39-43-49-55-61-73(6)10-4)69-91-78(83)63-57-51-45-40-38-42-48-54-60-72(5)9-3/h72-76,81H,7-71H2,1-6H3,(H,86,87)(H,88,89)/t72?,73?,74-,75-,76-/m1/s1. The van der Waals surface area contributed by atoms with Crippen molar-refractivity contribution >= 4 is 39.5 Å². The van der Waals surface area contributed by atoms with Crippen molar-refractivity contribution in [2.75, 3.05) is 39.6 Å². The van der Waals surface area contributed by atoms with Crippen molar-refractivity contribution in [3.63, 3.8) is 0 Å². The zero-order valence-electron chi connectivity index (χ0n) is 64.8. The number of hydrogen-bond donors (Lipinski definition) is 3. The van der Waals surface area contributed by atoms with Crippen molar-refractivity contribution in [1.29, 1.82) is 0 Å². The molecule has 0 aromatic rings. The Hall–Kier alpha value is -1.94. The summed E-state index contributed by atoms with van der Waals surface area (Å²) in [5.41, 5.74) is 0. The van der Waals surface area contributed by atoms with Gasteiger partial charge in [-0.3, -0.25) is 37.3 Å². The number of hydrogen-bond acceptors (Lipinski definition) is 15. The van der Waals surface area contributed by atoms with Gasteiger partial charge >= 0.3 is 39.5 Å². The molecule has 0 bridgehead atoms. The van der Waals surface area contributed by atoms with Crippen LogP contribution in [0.4, 0.5) is 0 Å². The van der Waals surface area contributed by atoms with Gasteiger partial charge in [-0.1, -0.05) is 369 Å². The Morgan fingerprint density at radius 2 is 0.485 bits per heavy atom. The number of ether oxygens (including phenoxy) is 4. The summed E-state index contributed by atoms with van der Waals surface area (Å²) in [4.78, 5) is 73.0. The average molecular weight is 1450 g/mol. The van der Waals surface area contributed by atoms with Crippen LogP contribution in [0.1, 0.15) is 420 Å². The van der Waals surface area contributed by atoms with E-state index in [4.69, 9.17) is 37.0 Å². The van der Waals surface area contributed by atoms with Gasteiger partial charge < -0.3 is 33.8 Å². The lowest BCUT2D eigenvalue weighted by Crippen LogP contribution is -2.30. The van der Waals surface area contributed by atoms with Crippen LogP contribution >= 0.6 is 15.6 Å². The molecule has 7 atom stereocenters. The number of rotatable bonds is 79. The molecule has 0 aromatic heterocycles. The van der Waals surface area contributed by atoms with E-state index in [1.807, 2.05) is 0 Å². The second-order valence-corrected chi connectivity index (χ2v) is 32.2. The molecular formula is C80H156O17P2. The second kappa shape index (κ2) is 71.7. The van der Waals surface area contributed by atoms with E-state index in [1.54, 1.807) is 0 Å². The number of phosphoric ester groups is 2. The minimum absolute atomic E-state index is 0.105. The van der Waals surface area contributed by atoms with E-state index in [-0.39, 0.29) is 25.7 Å². The summed E-state index contributed by atoms with van der Waals surface area (Å²) in [6, 6.07) is 0. The molecule has 588 valence electrons. The third-order valence-corrected chi connectivity index (χ3v) is 21.3. The topological polar surface area (TPSA) is 237 Å². The highest BCUT2D eigenvalue weighted by atomic mass is 31.2. The molecule has 17 nitrogen and oxygen atoms in total. The van der Waals surface area contributed by atoms with Gasteiger partial charge in [-0.25, -0.2) is 9.13 Å².